The smallest absolute Gasteiger partial charge is 0.316 e. The van der Waals surface area contributed by atoms with E-state index in [1.165, 1.54) is 0 Å². The number of hydrogen-bond acceptors (Lipinski definition) is 3. The van der Waals surface area contributed by atoms with Crippen LogP contribution in [0.5, 0.6) is 0 Å². The zero-order valence-corrected chi connectivity index (χ0v) is 9.26. The Bertz CT molecular complexity index is 309. The zero-order chi connectivity index (χ0) is 10.5. The van der Waals surface area contributed by atoms with Crippen LogP contribution in [0.3, 0.4) is 0 Å². The van der Waals surface area contributed by atoms with Gasteiger partial charge in [0, 0.05) is 17.4 Å². The summed E-state index contributed by atoms with van der Waals surface area (Å²) in [6, 6.07) is 3.94. The van der Waals surface area contributed by atoms with Crippen LogP contribution in [-0.2, 0) is 15.9 Å². The van der Waals surface area contributed by atoms with Gasteiger partial charge >= 0.3 is 7.48 Å². The van der Waals surface area contributed by atoms with Gasteiger partial charge in [0.05, 0.1) is 6.42 Å². The molecule has 1 aromatic heterocycles. The number of rotatable bonds is 3. The van der Waals surface area contributed by atoms with Gasteiger partial charge in [0.25, 0.3) is 0 Å². The molecule has 1 aliphatic rings. The quantitative estimate of drug-likeness (QED) is 0.779. The van der Waals surface area contributed by atoms with Crippen LogP contribution in [0.15, 0.2) is 17.5 Å². The van der Waals surface area contributed by atoms with Gasteiger partial charge in [-0.1, -0.05) is 6.07 Å². The predicted molar refractivity (Wildman–Crippen MR) is 60.9 cm³/mol. The fraction of sp³-hybridized carbons (Fsp3) is 0.500. The molecule has 1 aromatic rings. The van der Waals surface area contributed by atoms with Crippen molar-refractivity contribution in [3.8, 4) is 0 Å². The molecule has 79 valence electrons. The van der Waals surface area contributed by atoms with E-state index in [0.717, 1.165) is 24.3 Å². The highest BCUT2D eigenvalue weighted by molar-refractivity contribution is 7.10. The van der Waals surface area contributed by atoms with Gasteiger partial charge < -0.3 is 9.97 Å². The third-order valence-corrected chi connectivity index (χ3v) is 3.18. The lowest BCUT2D eigenvalue weighted by Crippen LogP contribution is -2.43. The Morgan fingerprint density at radius 1 is 1.73 bits per heavy atom. The van der Waals surface area contributed by atoms with Gasteiger partial charge in [0.1, 0.15) is 0 Å². The molecule has 1 atom stereocenters. The molecule has 1 N–H and O–H groups in total. The molecule has 1 amide bonds. The molecule has 0 aliphatic carbocycles. The lowest BCUT2D eigenvalue weighted by atomic mass is 9.81. The first-order valence-electron chi connectivity index (χ1n) is 5.11. The minimum Gasteiger partial charge on any atom is -0.438 e. The van der Waals surface area contributed by atoms with Crippen molar-refractivity contribution in [2.24, 2.45) is 0 Å². The average Bonchev–Trinajstić information content (AvgIpc) is 2.71. The van der Waals surface area contributed by atoms with Crippen molar-refractivity contribution in [2.45, 2.75) is 25.2 Å². The highest BCUT2D eigenvalue weighted by atomic mass is 32.1. The summed E-state index contributed by atoms with van der Waals surface area (Å²) in [5.41, 5.74) is 0. The normalized spacial score (nSPS) is 20.7. The second-order valence-electron chi connectivity index (χ2n) is 3.58. The molecule has 1 radical (unpaired) electrons. The van der Waals surface area contributed by atoms with E-state index in [-0.39, 0.29) is 11.8 Å². The second-order valence-corrected chi connectivity index (χ2v) is 4.61. The van der Waals surface area contributed by atoms with Crippen molar-refractivity contribution >= 4 is 24.7 Å². The Kier molecular flexibility index (Phi) is 3.80. The number of carbonyl (C=O) groups excluding carboxylic acids is 1. The molecule has 3 nitrogen and oxygen atoms in total. The summed E-state index contributed by atoms with van der Waals surface area (Å²) >= 11 is 1.61. The summed E-state index contributed by atoms with van der Waals surface area (Å²) in [5, 5.41) is 4.93. The SMILES string of the molecule is O=C(Cc1cccs1)NC1[B]OCCC1. The number of thiophene rings is 1. The molecular weight excluding hydrogens is 209 g/mol. The molecule has 5 heteroatoms. The van der Waals surface area contributed by atoms with E-state index in [4.69, 9.17) is 4.65 Å². The summed E-state index contributed by atoms with van der Waals surface area (Å²) in [4.78, 5) is 12.7. The van der Waals surface area contributed by atoms with Gasteiger partial charge in [0.2, 0.25) is 5.91 Å². The third-order valence-electron chi connectivity index (χ3n) is 2.30. The molecule has 0 saturated carbocycles. The summed E-state index contributed by atoms with van der Waals surface area (Å²) in [6.07, 6.45) is 2.47. The van der Waals surface area contributed by atoms with Crippen LogP contribution in [0.4, 0.5) is 0 Å². The van der Waals surface area contributed by atoms with Crippen molar-refractivity contribution in [1.29, 1.82) is 0 Å². The van der Waals surface area contributed by atoms with Crippen molar-refractivity contribution in [2.75, 3.05) is 6.61 Å². The maximum absolute atomic E-state index is 11.6. The van der Waals surface area contributed by atoms with Crippen LogP contribution < -0.4 is 5.32 Å². The standard InChI is InChI=1S/C10H13BNO2S/c13-10(7-8-3-2-6-15-8)12-9-4-1-5-14-11-9/h2-3,6,9H,1,4-5,7H2,(H,12,13). The van der Waals surface area contributed by atoms with Crippen LogP contribution in [0.1, 0.15) is 17.7 Å². The average molecular weight is 222 g/mol. The van der Waals surface area contributed by atoms with Gasteiger partial charge in [-0.05, 0) is 24.3 Å². The molecule has 2 heterocycles. The van der Waals surface area contributed by atoms with E-state index < -0.39 is 0 Å². The minimum atomic E-state index is 0.0733. The molecule has 0 aromatic carbocycles. The molecule has 1 unspecified atom stereocenters. The van der Waals surface area contributed by atoms with Gasteiger partial charge in [-0.25, -0.2) is 0 Å². The molecule has 2 rings (SSSR count). The lowest BCUT2D eigenvalue weighted by molar-refractivity contribution is -0.120. The number of nitrogens with one attached hydrogen (secondary N) is 1. The van der Waals surface area contributed by atoms with E-state index in [0.29, 0.717) is 6.42 Å². The number of amides is 1. The van der Waals surface area contributed by atoms with Crippen molar-refractivity contribution in [3.63, 3.8) is 0 Å². The van der Waals surface area contributed by atoms with Crippen LogP contribution >= 0.6 is 11.3 Å². The monoisotopic (exact) mass is 222 g/mol. The lowest BCUT2D eigenvalue weighted by Gasteiger charge is -2.21. The van der Waals surface area contributed by atoms with Crippen molar-refractivity contribution < 1.29 is 9.45 Å². The van der Waals surface area contributed by atoms with Crippen molar-refractivity contribution in [1.82, 2.24) is 5.32 Å². The maximum Gasteiger partial charge on any atom is 0.316 e. The van der Waals surface area contributed by atoms with Crippen LogP contribution in [0.25, 0.3) is 0 Å². The fourth-order valence-electron chi connectivity index (χ4n) is 1.57. The van der Waals surface area contributed by atoms with Gasteiger partial charge in [-0.15, -0.1) is 11.3 Å². The molecule has 1 aliphatic heterocycles. The Morgan fingerprint density at radius 3 is 3.33 bits per heavy atom. The van der Waals surface area contributed by atoms with E-state index in [1.54, 1.807) is 18.8 Å². The summed E-state index contributed by atoms with van der Waals surface area (Å²) < 4.78 is 5.18. The topological polar surface area (TPSA) is 38.3 Å². The first kappa shape index (κ1) is 10.7. The second kappa shape index (κ2) is 5.33. The molecule has 1 saturated heterocycles. The van der Waals surface area contributed by atoms with Gasteiger partial charge in [-0.2, -0.15) is 0 Å². The van der Waals surface area contributed by atoms with Crippen LogP contribution in [0, 0.1) is 0 Å². The zero-order valence-electron chi connectivity index (χ0n) is 8.44. The van der Waals surface area contributed by atoms with Crippen molar-refractivity contribution in [3.05, 3.63) is 22.4 Å². The Hall–Kier alpha value is -0.805. The number of hydrogen-bond donors (Lipinski definition) is 1. The summed E-state index contributed by atoms with van der Waals surface area (Å²) in [7, 11) is 1.73. The fourth-order valence-corrected chi connectivity index (χ4v) is 2.28. The van der Waals surface area contributed by atoms with E-state index in [9.17, 15) is 4.79 Å². The Morgan fingerprint density at radius 2 is 2.67 bits per heavy atom. The summed E-state index contributed by atoms with van der Waals surface area (Å²) in [5.74, 6) is 0.162. The summed E-state index contributed by atoms with van der Waals surface area (Å²) in [6.45, 7) is 0.775. The highest BCUT2D eigenvalue weighted by Gasteiger charge is 2.18. The largest absolute Gasteiger partial charge is 0.438 e. The van der Waals surface area contributed by atoms with E-state index in [1.807, 2.05) is 17.5 Å². The van der Waals surface area contributed by atoms with Crippen LogP contribution in [0.2, 0.25) is 0 Å². The van der Waals surface area contributed by atoms with Gasteiger partial charge in [0.15, 0.2) is 0 Å². The maximum atomic E-state index is 11.6. The number of carbonyl (C=O) groups is 1. The molecule has 0 spiro atoms. The predicted octanol–water partition coefficient (Wildman–Crippen LogP) is 1.16. The van der Waals surface area contributed by atoms with E-state index >= 15 is 0 Å². The first-order valence-corrected chi connectivity index (χ1v) is 5.99. The molecular formula is C10H13BNO2S. The molecule has 1 fully saturated rings. The highest BCUT2D eigenvalue weighted by Crippen LogP contribution is 2.10. The van der Waals surface area contributed by atoms with Crippen LogP contribution in [-0.4, -0.2) is 25.9 Å². The first-order chi connectivity index (χ1) is 7.34. The molecule has 0 bridgehead atoms. The minimum absolute atomic E-state index is 0.0733. The van der Waals surface area contributed by atoms with E-state index in [2.05, 4.69) is 5.32 Å². The van der Waals surface area contributed by atoms with Gasteiger partial charge in [-0.3, -0.25) is 4.79 Å². The molecule has 15 heavy (non-hydrogen) atoms. The Labute approximate surface area is 94.1 Å². The third kappa shape index (κ3) is 3.36. The Balaban J connectivity index is 1.76.